The van der Waals surface area contributed by atoms with E-state index in [1.54, 1.807) is 49.1 Å². The number of benzene rings is 3. The van der Waals surface area contributed by atoms with E-state index in [2.05, 4.69) is 26.3 Å². The first-order chi connectivity index (χ1) is 28.2. The molecule has 3 aliphatic rings. The number of nitrogens with one attached hydrogen (secondary N) is 4. The Morgan fingerprint density at radius 3 is 2.36 bits per heavy atom. The van der Waals surface area contributed by atoms with Crippen LogP contribution in [0.5, 0.6) is 0 Å². The number of amides is 5. The fraction of sp³-hybridized carbons (Fsp3) is 0.405. The molecule has 0 radical (unpaired) electrons. The van der Waals surface area contributed by atoms with Crippen LogP contribution in [0.2, 0.25) is 0 Å². The molecule has 6 rings (SSSR count). The summed E-state index contributed by atoms with van der Waals surface area (Å²) in [6.45, 7) is 4.26. The van der Waals surface area contributed by atoms with Crippen molar-refractivity contribution in [1.29, 1.82) is 0 Å². The third-order valence-electron chi connectivity index (χ3n) is 10.5. The van der Waals surface area contributed by atoms with Crippen LogP contribution in [0, 0.1) is 11.8 Å². The molecular weight excluding hydrogens is 764 g/mol. The number of hydrogen-bond acceptors (Lipinski definition) is 11. The van der Waals surface area contributed by atoms with Crippen molar-refractivity contribution in [2.24, 2.45) is 16.8 Å². The maximum absolute atomic E-state index is 13.8. The molecule has 0 spiro atoms. The summed E-state index contributed by atoms with van der Waals surface area (Å²) in [5, 5.41) is 41.4. The van der Waals surface area contributed by atoms with Crippen LogP contribution in [0.4, 0.5) is 11.4 Å². The molecule has 3 heterocycles. The van der Waals surface area contributed by atoms with Gasteiger partial charge in [0.15, 0.2) is 6.29 Å². The predicted molar refractivity (Wildman–Crippen MR) is 212 cm³/mol. The maximum Gasteiger partial charge on any atom is 0.303 e. The first-order valence-corrected chi connectivity index (χ1v) is 19.4. The van der Waals surface area contributed by atoms with Gasteiger partial charge in [0.2, 0.25) is 23.6 Å². The Bertz CT molecular complexity index is 2110. The molecule has 59 heavy (non-hydrogen) atoms. The summed E-state index contributed by atoms with van der Waals surface area (Å²) in [6.07, 6.45) is -4.88. The lowest BCUT2D eigenvalue weighted by atomic mass is 9.84. The molecule has 3 aromatic carbocycles. The first-order valence-electron chi connectivity index (χ1n) is 19.4. The molecule has 0 aliphatic carbocycles. The van der Waals surface area contributed by atoms with Crippen LogP contribution in [0.3, 0.4) is 0 Å². The highest BCUT2D eigenvalue weighted by atomic mass is 16.7. The van der Waals surface area contributed by atoms with E-state index in [9.17, 15) is 44.1 Å². The molecule has 7 N–H and O–H groups in total. The fourth-order valence-electron chi connectivity index (χ4n) is 7.44. The second-order valence-electron chi connectivity index (χ2n) is 15.1. The number of nitrogens with zero attached hydrogens (tertiary/aromatic N) is 2. The van der Waals surface area contributed by atoms with E-state index >= 15 is 0 Å². The largest absolute Gasteiger partial charge is 0.481 e. The van der Waals surface area contributed by atoms with Gasteiger partial charge < -0.3 is 46.1 Å². The lowest BCUT2D eigenvalue weighted by Crippen LogP contribution is -2.62. The summed E-state index contributed by atoms with van der Waals surface area (Å²) in [4.78, 5) is 84.4. The SMILES string of the molecule is CC(=O)N[C@@H]1[C@@H](OCc2ccccc2)O[C@H](CO)[C@@H](O)[C@@H]1CC(=O)N[C@H](C(=O)N[C@H](CCC(=O)O)C(=O)Nc1ccc2c(c1)CN1C(=O)c3ccccc3C1=N2)C(C)C. The van der Waals surface area contributed by atoms with Crippen molar-refractivity contribution in [2.75, 3.05) is 11.9 Å². The maximum atomic E-state index is 13.8. The number of aliphatic carboxylic acids is 1. The van der Waals surface area contributed by atoms with Crippen LogP contribution in [0.1, 0.15) is 67.1 Å². The Kier molecular flexibility index (Phi) is 13.5. The number of aliphatic hydroxyl groups excluding tert-OH is 2. The lowest BCUT2D eigenvalue weighted by molar-refractivity contribution is -0.263. The van der Waals surface area contributed by atoms with Crippen molar-refractivity contribution in [3.8, 4) is 0 Å². The van der Waals surface area contributed by atoms with Gasteiger partial charge in [0.05, 0.1) is 43.2 Å². The van der Waals surface area contributed by atoms with Gasteiger partial charge >= 0.3 is 5.97 Å². The minimum absolute atomic E-state index is 0.0672. The number of fused-ring (bicyclic) bond motifs is 4. The molecule has 17 nitrogen and oxygen atoms in total. The van der Waals surface area contributed by atoms with Crippen molar-refractivity contribution in [3.63, 3.8) is 0 Å². The normalized spacial score (nSPS) is 21.6. The number of hydrogen-bond donors (Lipinski definition) is 7. The number of ether oxygens (including phenoxy) is 2. The molecule has 17 heteroatoms. The number of aliphatic hydroxyl groups is 2. The molecule has 0 bridgehead atoms. The Labute approximate surface area is 340 Å². The number of aliphatic imine (C=N–C) groups is 1. The van der Waals surface area contributed by atoms with E-state index in [1.165, 1.54) is 6.92 Å². The summed E-state index contributed by atoms with van der Waals surface area (Å²) in [6, 6.07) is 17.7. The summed E-state index contributed by atoms with van der Waals surface area (Å²) in [7, 11) is 0. The van der Waals surface area contributed by atoms with Gasteiger partial charge in [-0.15, -0.1) is 0 Å². The van der Waals surface area contributed by atoms with Crippen LogP contribution >= 0.6 is 0 Å². The lowest BCUT2D eigenvalue weighted by Gasteiger charge is -2.44. The second-order valence-corrected chi connectivity index (χ2v) is 15.1. The summed E-state index contributed by atoms with van der Waals surface area (Å²) >= 11 is 0. The second kappa shape index (κ2) is 18.7. The molecule has 3 aliphatic heterocycles. The smallest absolute Gasteiger partial charge is 0.303 e. The monoisotopic (exact) mass is 812 g/mol. The topological polar surface area (TPSA) is 245 Å². The van der Waals surface area contributed by atoms with Gasteiger partial charge in [-0.3, -0.25) is 33.7 Å². The third kappa shape index (κ3) is 10.00. The van der Waals surface area contributed by atoms with Gasteiger partial charge in [0.1, 0.15) is 24.0 Å². The molecular formula is C42H48N6O11. The van der Waals surface area contributed by atoms with Crippen LogP contribution in [-0.2, 0) is 46.6 Å². The molecule has 5 amide bonds. The zero-order valence-corrected chi connectivity index (χ0v) is 32.8. The zero-order valence-electron chi connectivity index (χ0n) is 32.8. The van der Waals surface area contributed by atoms with Crippen LogP contribution in [0.25, 0.3) is 0 Å². The van der Waals surface area contributed by atoms with E-state index in [0.717, 1.165) is 11.1 Å². The number of carbonyl (C=O) groups excluding carboxylic acids is 5. The van der Waals surface area contributed by atoms with E-state index in [0.29, 0.717) is 28.3 Å². The van der Waals surface area contributed by atoms with E-state index < -0.39 is 97.5 Å². The highest BCUT2D eigenvalue weighted by Crippen LogP contribution is 2.36. The number of anilines is 1. The average molecular weight is 813 g/mol. The Morgan fingerprint density at radius 2 is 1.68 bits per heavy atom. The average Bonchev–Trinajstić information content (AvgIpc) is 3.48. The molecule has 0 unspecified atom stereocenters. The van der Waals surface area contributed by atoms with E-state index in [1.807, 2.05) is 42.5 Å². The molecule has 1 fully saturated rings. The number of carboxylic acid groups (broad SMARTS) is 1. The van der Waals surface area contributed by atoms with E-state index in [-0.39, 0.29) is 25.5 Å². The standard InChI is InChI=1S/C42H48N6O11/c1-22(2)35(47-33(51)18-29-36(43-23(3)50)42(59-32(20-49)37(29)54)58-21-24-9-5-4-6-10-24)40(56)46-31(15-16-34(52)53)39(55)44-26-13-14-30-25(17-26)19-48-38(45-30)27-11-7-8-12-28(27)41(48)57/h4-14,17,22,29,31-32,35-37,42,49,54H,15-16,18-21H2,1-3H3,(H,43,50)(H,44,55)(H,46,56)(H,47,51)(H,52,53)/t29-,31-,32-,35+,36+,37+,42+/m1/s1. The van der Waals surface area contributed by atoms with Gasteiger partial charge in [0, 0.05) is 36.9 Å². The molecule has 312 valence electrons. The van der Waals surface area contributed by atoms with Crippen LogP contribution < -0.4 is 21.3 Å². The summed E-state index contributed by atoms with van der Waals surface area (Å²) in [5.41, 5.74) is 3.68. The highest BCUT2D eigenvalue weighted by Gasteiger charge is 2.47. The molecule has 3 aromatic rings. The number of carboxylic acids is 1. The summed E-state index contributed by atoms with van der Waals surface area (Å²) < 4.78 is 11.8. The molecule has 0 saturated carbocycles. The van der Waals surface area contributed by atoms with Crippen molar-refractivity contribution < 1.29 is 53.6 Å². The van der Waals surface area contributed by atoms with Gasteiger partial charge in [0.25, 0.3) is 5.91 Å². The Hall–Kier alpha value is -6.01. The Balaban J connectivity index is 1.13. The predicted octanol–water partition coefficient (Wildman–Crippen LogP) is 1.97. The molecule has 7 atom stereocenters. The highest BCUT2D eigenvalue weighted by molar-refractivity contribution is 6.24. The minimum Gasteiger partial charge on any atom is -0.481 e. The van der Waals surface area contributed by atoms with Gasteiger partial charge in [-0.05, 0) is 47.7 Å². The zero-order chi connectivity index (χ0) is 42.4. The number of carbonyl (C=O) groups is 6. The van der Waals surface area contributed by atoms with Gasteiger partial charge in [-0.1, -0.05) is 62.4 Å². The molecule has 1 saturated heterocycles. The Morgan fingerprint density at radius 1 is 0.966 bits per heavy atom. The van der Waals surface area contributed by atoms with Gasteiger partial charge in [-0.2, -0.15) is 0 Å². The molecule has 0 aromatic heterocycles. The van der Waals surface area contributed by atoms with Crippen LogP contribution in [-0.4, -0.2) is 105 Å². The van der Waals surface area contributed by atoms with Crippen LogP contribution in [0.15, 0.2) is 77.8 Å². The number of amidine groups is 1. The number of rotatable bonds is 16. The minimum atomic E-state index is -1.42. The van der Waals surface area contributed by atoms with Crippen molar-refractivity contribution in [3.05, 3.63) is 95.1 Å². The quantitative estimate of drug-likeness (QED) is 0.110. The van der Waals surface area contributed by atoms with E-state index in [4.69, 9.17) is 9.47 Å². The third-order valence-corrected chi connectivity index (χ3v) is 10.5. The van der Waals surface area contributed by atoms with Crippen molar-refractivity contribution in [2.45, 2.75) is 89.8 Å². The summed E-state index contributed by atoms with van der Waals surface area (Å²) in [5.74, 6) is -5.03. The van der Waals surface area contributed by atoms with Gasteiger partial charge in [-0.25, -0.2) is 4.99 Å². The first kappa shape index (κ1) is 42.6. The van der Waals surface area contributed by atoms with Crippen molar-refractivity contribution >= 4 is 52.7 Å². The fourth-order valence-corrected chi connectivity index (χ4v) is 7.44. The van der Waals surface area contributed by atoms with Crippen molar-refractivity contribution in [1.82, 2.24) is 20.9 Å².